The van der Waals surface area contributed by atoms with Gasteiger partial charge in [-0.05, 0) is 116 Å². The molecule has 0 saturated heterocycles. The van der Waals surface area contributed by atoms with E-state index in [2.05, 4.69) is 54.7 Å². The zero-order chi connectivity index (χ0) is 33.6. The SMILES string of the molecule is C=C(C)/C(C)=C(\Sc1c(OC)cccc1OC(C)C)c1sc(/C(Sc2c(OC)cccc2OC(C)C)=C(\C)C(=C)C)c(C)c1C. The first kappa shape index (κ1) is 36.5. The van der Waals surface area contributed by atoms with Crippen LogP contribution >= 0.6 is 34.9 Å². The Labute approximate surface area is 283 Å². The Morgan fingerprint density at radius 3 is 1.24 bits per heavy atom. The zero-order valence-electron chi connectivity index (χ0n) is 28.9. The highest BCUT2D eigenvalue weighted by atomic mass is 32.2. The van der Waals surface area contributed by atoms with Crippen molar-refractivity contribution < 1.29 is 18.9 Å². The highest BCUT2D eigenvalue weighted by molar-refractivity contribution is 8.09. The van der Waals surface area contributed by atoms with Gasteiger partial charge in [0, 0.05) is 19.6 Å². The van der Waals surface area contributed by atoms with Crippen molar-refractivity contribution in [2.45, 2.75) is 91.2 Å². The summed E-state index contributed by atoms with van der Waals surface area (Å²) < 4.78 is 24.2. The van der Waals surface area contributed by atoms with E-state index >= 15 is 0 Å². The molecule has 2 aromatic carbocycles. The predicted molar refractivity (Wildman–Crippen MR) is 198 cm³/mol. The number of hydrogen-bond donors (Lipinski definition) is 0. The molecule has 0 saturated carbocycles. The first-order valence-corrected chi connectivity index (χ1v) is 17.5. The van der Waals surface area contributed by atoms with E-state index in [1.54, 1.807) is 49.1 Å². The number of rotatable bonds is 14. The maximum absolute atomic E-state index is 6.26. The Hall–Kier alpha value is -3.00. The first-order chi connectivity index (χ1) is 21.2. The van der Waals surface area contributed by atoms with Gasteiger partial charge in [-0.15, -0.1) is 11.3 Å². The van der Waals surface area contributed by atoms with Gasteiger partial charge in [0.25, 0.3) is 0 Å². The van der Waals surface area contributed by atoms with E-state index < -0.39 is 0 Å². The third-order valence-corrected chi connectivity index (χ3v) is 11.6. The van der Waals surface area contributed by atoms with Crippen LogP contribution in [0.4, 0.5) is 0 Å². The van der Waals surface area contributed by atoms with Crippen LogP contribution in [0.3, 0.4) is 0 Å². The fourth-order valence-electron chi connectivity index (χ4n) is 4.41. The summed E-state index contributed by atoms with van der Waals surface area (Å²) in [6.07, 6.45) is 0.0515. The molecule has 1 aromatic heterocycles. The molecule has 0 atom stereocenters. The van der Waals surface area contributed by atoms with Crippen molar-refractivity contribution in [1.29, 1.82) is 0 Å². The molecule has 4 nitrogen and oxygen atoms in total. The summed E-state index contributed by atoms with van der Waals surface area (Å²) in [6.45, 7) is 29.6. The average Bonchev–Trinajstić information content (AvgIpc) is 3.27. The fraction of sp³-hybridized carbons (Fsp3) is 0.368. The van der Waals surface area contributed by atoms with E-state index in [9.17, 15) is 0 Å². The van der Waals surface area contributed by atoms with Crippen molar-refractivity contribution in [1.82, 2.24) is 0 Å². The minimum absolute atomic E-state index is 0.0258. The minimum atomic E-state index is 0.0258. The van der Waals surface area contributed by atoms with E-state index in [4.69, 9.17) is 18.9 Å². The molecule has 3 rings (SSSR count). The molecule has 1 heterocycles. The normalized spacial score (nSPS) is 12.6. The number of thiophene rings is 1. The Morgan fingerprint density at radius 2 is 0.956 bits per heavy atom. The van der Waals surface area contributed by atoms with Crippen molar-refractivity contribution in [3.8, 4) is 23.0 Å². The largest absolute Gasteiger partial charge is 0.495 e. The lowest BCUT2D eigenvalue weighted by atomic mass is 10.1. The van der Waals surface area contributed by atoms with Crippen molar-refractivity contribution in [3.05, 3.63) is 92.7 Å². The van der Waals surface area contributed by atoms with Gasteiger partial charge in [-0.25, -0.2) is 0 Å². The van der Waals surface area contributed by atoms with Gasteiger partial charge < -0.3 is 18.9 Å². The number of methoxy groups -OCH3 is 2. The number of hydrogen-bond acceptors (Lipinski definition) is 7. The zero-order valence-corrected chi connectivity index (χ0v) is 31.3. The van der Waals surface area contributed by atoms with Crippen LogP contribution in [0.25, 0.3) is 9.81 Å². The molecular weight excluding hydrogens is 617 g/mol. The molecule has 0 aliphatic rings. The van der Waals surface area contributed by atoms with Crippen molar-refractivity contribution in [2.75, 3.05) is 14.2 Å². The monoisotopic (exact) mass is 664 g/mol. The minimum Gasteiger partial charge on any atom is -0.495 e. The molecule has 45 heavy (non-hydrogen) atoms. The Morgan fingerprint density at radius 1 is 0.622 bits per heavy atom. The number of ether oxygens (including phenoxy) is 4. The number of benzene rings is 2. The second-order valence-corrected chi connectivity index (χ2v) is 14.7. The highest BCUT2D eigenvalue weighted by Crippen LogP contribution is 2.54. The molecule has 0 bridgehead atoms. The van der Waals surface area contributed by atoms with Gasteiger partial charge in [-0.2, -0.15) is 0 Å². The maximum Gasteiger partial charge on any atom is 0.137 e. The molecule has 0 radical (unpaired) electrons. The van der Waals surface area contributed by atoms with Gasteiger partial charge in [0.2, 0.25) is 0 Å². The molecule has 0 aliphatic carbocycles. The molecule has 0 fully saturated rings. The number of allylic oxidation sites excluding steroid dienone is 4. The molecule has 3 aromatic rings. The summed E-state index contributed by atoms with van der Waals surface area (Å²) in [5, 5.41) is 0. The third-order valence-electron chi connectivity index (χ3n) is 7.28. The van der Waals surface area contributed by atoms with Gasteiger partial charge in [0.1, 0.15) is 23.0 Å². The second-order valence-electron chi connectivity index (χ2n) is 11.6. The topological polar surface area (TPSA) is 36.9 Å². The second kappa shape index (κ2) is 16.0. The van der Waals surface area contributed by atoms with Crippen LogP contribution in [0.1, 0.15) is 76.3 Å². The van der Waals surface area contributed by atoms with Crippen molar-refractivity contribution in [2.24, 2.45) is 0 Å². The Kier molecular flexibility index (Phi) is 13.0. The lowest BCUT2D eigenvalue weighted by Crippen LogP contribution is -2.06. The van der Waals surface area contributed by atoms with Crippen LogP contribution in [0, 0.1) is 13.8 Å². The standard InChI is InChI=1S/C38H48O4S3/c1-21(2)25(9)33(44-37-29(39-13)17-15-19-31(37)41-23(5)6)35-27(11)28(12)36(43-35)34(26(10)22(3)4)45-38-30(40-14)18-16-20-32(38)42-24(7)8/h15-20,23-24H,1,3H2,2,4-14H3/b33-25-,34-26-. The lowest BCUT2D eigenvalue weighted by Gasteiger charge is -2.19. The Balaban J connectivity index is 2.29. The maximum atomic E-state index is 6.26. The van der Waals surface area contributed by atoms with Crippen molar-refractivity contribution in [3.63, 3.8) is 0 Å². The van der Waals surface area contributed by atoms with Gasteiger partial charge in [-0.1, -0.05) is 60.0 Å². The van der Waals surface area contributed by atoms with Crippen LogP contribution in [-0.2, 0) is 0 Å². The van der Waals surface area contributed by atoms with Crippen LogP contribution in [-0.4, -0.2) is 26.4 Å². The smallest absolute Gasteiger partial charge is 0.137 e. The van der Waals surface area contributed by atoms with Crippen LogP contribution in [0.5, 0.6) is 23.0 Å². The summed E-state index contributed by atoms with van der Waals surface area (Å²) in [6, 6.07) is 11.9. The van der Waals surface area contributed by atoms with Crippen molar-refractivity contribution >= 4 is 44.7 Å². The van der Waals surface area contributed by atoms with E-state index in [-0.39, 0.29) is 12.2 Å². The third kappa shape index (κ3) is 8.63. The van der Waals surface area contributed by atoms with E-state index in [0.717, 1.165) is 64.9 Å². The molecule has 242 valence electrons. The lowest BCUT2D eigenvalue weighted by molar-refractivity contribution is 0.234. The van der Waals surface area contributed by atoms with Gasteiger partial charge in [0.15, 0.2) is 0 Å². The summed E-state index contributed by atoms with van der Waals surface area (Å²) >= 11 is 5.15. The molecular formula is C38H48O4S3. The van der Waals surface area contributed by atoms with E-state index in [1.165, 1.54) is 20.9 Å². The van der Waals surface area contributed by atoms with Crippen LogP contribution < -0.4 is 18.9 Å². The molecule has 0 amide bonds. The summed E-state index contributed by atoms with van der Waals surface area (Å²) in [5.74, 6) is 3.16. The first-order valence-electron chi connectivity index (χ1n) is 15.1. The predicted octanol–water partition coefficient (Wildman–Crippen LogP) is 12.2. The fourth-order valence-corrected chi connectivity index (χ4v) is 8.71. The number of thioether (sulfide) groups is 2. The summed E-state index contributed by atoms with van der Waals surface area (Å²) in [4.78, 5) is 6.56. The molecule has 0 aliphatic heterocycles. The Bertz CT molecular complexity index is 1500. The van der Waals surface area contributed by atoms with Crippen LogP contribution in [0.2, 0.25) is 0 Å². The quantitative estimate of drug-likeness (QED) is 0.126. The van der Waals surface area contributed by atoms with E-state index in [1.807, 2.05) is 64.1 Å². The molecule has 0 spiro atoms. The van der Waals surface area contributed by atoms with Crippen LogP contribution in [0.15, 0.2) is 81.6 Å². The molecule has 7 heteroatoms. The summed E-state index contributed by atoms with van der Waals surface area (Å²) in [7, 11) is 3.41. The van der Waals surface area contributed by atoms with Gasteiger partial charge >= 0.3 is 0 Å². The highest BCUT2D eigenvalue weighted by Gasteiger charge is 2.26. The van der Waals surface area contributed by atoms with Gasteiger partial charge in [0.05, 0.1) is 36.2 Å². The molecule has 0 unspecified atom stereocenters. The summed E-state index contributed by atoms with van der Waals surface area (Å²) in [5.41, 5.74) is 6.74. The van der Waals surface area contributed by atoms with E-state index in [0.29, 0.717) is 0 Å². The van der Waals surface area contributed by atoms with Gasteiger partial charge in [-0.3, -0.25) is 0 Å². The average molecular weight is 665 g/mol. The molecule has 0 N–H and O–H groups in total.